The number of rotatable bonds is 1. The van der Waals surface area contributed by atoms with Gasteiger partial charge in [0.05, 0.1) is 10.9 Å². The van der Waals surface area contributed by atoms with E-state index in [0.29, 0.717) is 0 Å². The van der Waals surface area contributed by atoms with E-state index in [9.17, 15) is 18.0 Å². The number of aliphatic hydroxyl groups is 1. The maximum atomic E-state index is 12.4. The third-order valence-corrected chi connectivity index (χ3v) is 2.47. The summed E-state index contributed by atoms with van der Waals surface area (Å²) >= 11 is 0. The fraction of sp³-hybridized carbons (Fsp3) is 0.0833. The third kappa shape index (κ3) is 2.33. The molecule has 0 amide bonds. The lowest BCUT2D eigenvalue weighted by Crippen LogP contribution is -2.17. The minimum absolute atomic E-state index is 0.119. The summed E-state index contributed by atoms with van der Waals surface area (Å²) < 4.78 is 37.2. The van der Waals surface area contributed by atoms with Crippen LogP contribution in [0.1, 0.15) is 5.82 Å². The van der Waals surface area contributed by atoms with E-state index in [0.717, 1.165) is 0 Å². The zero-order valence-corrected chi connectivity index (χ0v) is 9.69. The summed E-state index contributed by atoms with van der Waals surface area (Å²) in [6.07, 6.45) is -5.10. The number of hydrogen-bond donors (Lipinski definition) is 2. The molecule has 0 spiro atoms. The topological polar surface area (TPSA) is 89.8 Å². The second kappa shape index (κ2) is 4.70. The Kier molecular flexibility index (Phi) is 3.19. The molecule has 0 radical (unpaired) electrons. The fourth-order valence-corrected chi connectivity index (χ4v) is 1.56. The first-order chi connectivity index (χ1) is 9.34. The zero-order valence-electron chi connectivity index (χ0n) is 9.69. The van der Waals surface area contributed by atoms with Gasteiger partial charge in [0.1, 0.15) is 11.6 Å². The van der Waals surface area contributed by atoms with Crippen molar-refractivity contribution in [3.05, 3.63) is 46.2 Å². The lowest BCUT2D eigenvalue weighted by Gasteiger charge is -2.07. The number of hydrogen-bond acceptors (Lipinski definition) is 4. The number of para-hydroxylation sites is 1. The Labute approximate surface area is 109 Å². The number of alkyl halides is 3. The van der Waals surface area contributed by atoms with Crippen LogP contribution in [0.4, 0.5) is 13.2 Å². The van der Waals surface area contributed by atoms with Crippen LogP contribution in [-0.2, 0) is 0 Å². The summed E-state index contributed by atoms with van der Waals surface area (Å²) in [5.74, 6) is -2.73. The molecule has 0 unspecified atom stereocenters. The molecule has 1 aromatic carbocycles. The Morgan fingerprint density at radius 2 is 2.00 bits per heavy atom. The summed E-state index contributed by atoms with van der Waals surface area (Å²) in [4.78, 5) is 17.5. The molecule has 2 N–H and O–H groups in total. The number of benzene rings is 1. The van der Waals surface area contributed by atoms with Crippen molar-refractivity contribution in [2.24, 2.45) is 0 Å². The van der Waals surface area contributed by atoms with Gasteiger partial charge < -0.3 is 10.1 Å². The highest BCUT2D eigenvalue weighted by atomic mass is 19.4. The van der Waals surface area contributed by atoms with Gasteiger partial charge in [0.2, 0.25) is 5.76 Å². The van der Waals surface area contributed by atoms with E-state index in [1.165, 1.54) is 24.3 Å². The van der Waals surface area contributed by atoms with E-state index >= 15 is 0 Å². The number of aromatic amines is 1. The van der Waals surface area contributed by atoms with E-state index in [1.807, 2.05) is 4.98 Å². The number of fused-ring (bicyclic) bond motifs is 1. The molecule has 2 rings (SSSR count). The van der Waals surface area contributed by atoms with Crippen LogP contribution in [0.25, 0.3) is 16.5 Å². The highest BCUT2D eigenvalue weighted by Gasteiger charge is 2.38. The normalized spacial score (nSPS) is 12.9. The monoisotopic (exact) mass is 281 g/mol. The van der Waals surface area contributed by atoms with E-state index in [4.69, 9.17) is 10.4 Å². The number of allylic oxidation sites excluding steroid dienone is 2. The van der Waals surface area contributed by atoms with Crippen LogP contribution < -0.4 is 5.56 Å². The van der Waals surface area contributed by atoms with Crippen molar-refractivity contribution >= 4 is 16.5 Å². The van der Waals surface area contributed by atoms with Gasteiger partial charge in [0.25, 0.3) is 5.56 Å². The second-order valence-electron chi connectivity index (χ2n) is 3.76. The standard InChI is InChI=1S/C12H6F3N3O2/c13-12(14,15)9(19)7(5-16)10-17-8-4-2-1-3-6(8)11(20)18-10/h1-4,19H,(H,17,18,20)/b9-7-. The lowest BCUT2D eigenvalue weighted by atomic mass is 10.2. The predicted octanol–water partition coefficient (Wildman–Crippen LogP) is 2.28. The highest BCUT2D eigenvalue weighted by Crippen LogP contribution is 2.28. The Balaban J connectivity index is 2.76. The number of nitriles is 1. The molecule has 0 saturated carbocycles. The van der Waals surface area contributed by atoms with Gasteiger partial charge in [-0.25, -0.2) is 4.98 Å². The van der Waals surface area contributed by atoms with Crippen molar-refractivity contribution in [1.82, 2.24) is 9.97 Å². The van der Waals surface area contributed by atoms with Crippen LogP contribution in [-0.4, -0.2) is 21.3 Å². The number of nitrogens with one attached hydrogen (secondary N) is 1. The van der Waals surface area contributed by atoms with Crippen molar-refractivity contribution in [3.8, 4) is 6.07 Å². The third-order valence-electron chi connectivity index (χ3n) is 2.47. The summed E-state index contributed by atoms with van der Waals surface area (Å²) in [6.45, 7) is 0. The quantitative estimate of drug-likeness (QED) is 0.619. The SMILES string of the molecule is N#C/C(=C(/O)C(F)(F)F)c1nc2ccccc2c(=O)[nH]1. The minimum Gasteiger partial charge on any atom is -0.503 e. The van der Waals surface area contributed by atoms with Gasteiger partial charge in [0.15, 0.2) is 5.82 Å². The molecule has 1 aromatic heterocycles. The van der Waals surface area contributed by atoms with E-state index in [-0.39, 0.29) is 10.9 Å². The molecule has 1 heterocycles. The maximum Gasteiger partial charge on any atom is 0.450 e. The first-order valence-corrected chi connectivity index (χ1v) is 5.24. The summed E-state index contributed by atoms with van der Waals surface area (Å²) in [6, 6.07) is 7.14. The number of nitrogens with zero attached hydrogens (tertiary/aromatic N) is 2. The molecular formula is C12H6F3N3O2. The molecular weight excluding hydrogens is 275 g/mol. The molecule has 102 valence electrons. The first kappa shape index (κ1) is 13.6. The number of aliphatic hydroxyl groups excluding tert-OH is 1. The van der Waals surface area contributed by atoms with Crippen molar-refractivity contribution in [3.63, 3.8) is 0 Å². The van der Waals surface area contributed by atoms with Gasteiger partial charge in [-0.15, -0.1) is 0 Å². The van der Waals surface area contributed by atoms with Gasteiger partial charge >= 0.3 is 6.18 Å². The first-order valence-electron chi connectivity index (χ1n) is 5.24. The molecule has 2 aromatic rings. The van der Waals surface area contributed by atoms with E-state index in [2.05, 4.69) is 4.98 Å². The summed E-state index contributed by atoms with van der Waals surface area (Å²) in [7, 11) is 0. The predicted molar refractivity (Wildman–Crippen MR) is 63.6 cm³/mol. The summed E-state index contributed by atoms with van der Waals surface area (Å²) in [5, 5.41) is 17.9. The van der Waals surface area contributed by atoms with Gasteiger partial charge in [0, 0.05) is 0 Å². The molecule has 0 aliphatic heterocycles. The molecule has 20 heavy (non-hydrogen) atoms. The highest BCUT2D eigenvalue weighted by molar-refractivity contribution is 5.81. The number of H-pyrrole nitrogens is 1. The van der Waals surface area contributed by atoms with Crippen LogP contribution in [0, 0.1) is 11.3 Å². The van der Waals surface area contributed by atoms with E-state index < -0.39 is 28.9 Å². The average molecular weight is 281 g/mol. The molecule has 5 nitrogen and oxygen atoms in total. The smallest absolute Gasteiger partial charge is 0.450 e. The van der Waals surface area contributed by atoms with Crippen LogP contribution in [0.5, 0.6) is 0 Å². The maximum absolute atomic E-state index is 12.4. The second-order valence-corrected chi connectivity index (χ2v) is 3.76. The zero-order chi connectivity index (χ0) is 14.9. The lowest BCUT2D eigenvalue weighted by molar-refractivity contribution is -0.119. The number of aromatic nitrogens is 2. The van der Waals surface area contributed by atoms with Crippen LogP contribution >= 0.6 is 0 Å². The molecule has 0 aliphatic rings. The van der Waals surface area contributed by atoms with Gasteiger partial charge in [-0.2, -0.15) is 18.4 Å². The van der Waals surface area contributed by atoms with Crippen molar-refractivity contribution in [2.45, 2.75) is 6.18 Å². The Hall–Kier alpha value is -2.82. The Morgan fingerprint density at radius 1 is 1.35 bits per heavy atom. The van der Waals surface area contributed by atoms with Gasteiger partial charge in [-0.1, -0.05) is 12.1 Å². The summed E-state index contributed by atoms with van der Waals surface area (Å²) in [5.41, 5.74) is -1.72. The Morgan fingerprint density at radius 3 is 2.60 bits per heavy atom. The molecule has 8 heteroatoms. The molecule has 0 fully saturated rings. The average Bonchev–Trinajstić information content (AvgIpc) is 2.38. The molecule has 0 atom stereocenters. The van der Waals surface area contributed by atoms with Crippen molar-refractivity contribution in [1.29, 1.82) is 5.26 Å². The van der Waals surface area contributed by atoms with Gasteiger partial charge in [-0.05, 0) is 12.1 Å². The van der Waals surface area contributed by atoms with Crippen molar-refractivity contribution < 1.29 is 18.3 Å². The van der Waals surface area contributed by atoms with Crippen LogP contribution in [0.3, 0.4) is 0 Å². The molecule has 0 bridgehead atoms. The largest absolute Gasteiger partial charge is 0.503 e. The van der Waals surface area contributed by atoms with Crippen molar-refractivity contribution in [2.75, 3.05) is 0 Å². The Bertz CT molecular complexity index is 800. The molecule has 0 aliphatic carbocycles. The number of halogens is 3. The van der Waals surface area contributed by atoms with Gasteiger partial charge in [-0.3, -0.25) is 4.79 Å². The van der Waals surface area contributed by atoms with E-state index in [1.54, 1.807) is 6.07 Å². The van der Waals surface area contributed by atoms with Crippen LogP contribution in [0.15, 0.2) is 34.8 Å². The van der Waals surface area contributed by atoms with Crippen LogP contribution in [0.2, 0.25) is 0 Å². The molecule has 0 saturated heterocycles. The minimum atomic E-state index is -5.10. The fourth-order valence-electron chi connectivity index (χ4n) is 1.56.